The van der Waals surface area contributed by atoms with Crippen LogP contribution in [0.25, 0.3) is 11.6 Å². The predicted molar refractivity (Wildman–Crippen MR) is 95.5 cm³/mol. The summed E-state index contributed by atoms with van der Waals surface area (Å²) in [4.78, 5) is 11.9. The molecule has 1 aliphatic rings. The summed E-state index contributed by atoms with van der Waals surface area (Å²) in [6.07, 6.45) is 1.53. The summed E-state index contributed by atoms with van der Waals surface area (Å²) in [5.41, 5.74) is 1.32. The number of halogens is 2. The van der Waals surface area contributed by atoms with E-state index >= 15 is 0 Å². The molecule has 0 spiro atoms. The highest BCUT2D eigenvalue weighted by Crippen LogP contribution is 2.42. The van der Waals surface area contributed by atoms with E-state index in [4.69, 9.17) is 4.74 Å². The summed E-state index contributed by atoms with van der Waals surface area (Å²) in [7, 11) is 0. The van der Waals surface area contributed by atoms with Crippen LogP contribution in [0.4, 0.5) is 0 Å². The van der Waals surface area contributed by atoms with Crippen molar-refractivity contribution in [3.63, 3.8) is 0 Å². The molecular weight excluding hydrogens is 444 g/mol. The standard InChI is InChI=1S/C17H10Br2O5/c18-9-2-4-11(20)10(7-9)15-14(24-17(23)16(15)19)6-8-1-3-12(21)13(22)5-8/h1-7,20-22H/b14-6-. The molecule has 0 aliphatic carbocycles. The number of rotatable bonds is 2. The third-order valence-electron chi connectivity index (χ3n) is 3.37. The Morgan fingerprint density at radius 3 is 2.33 bits per heavy atom. The lowest BCUT2D eigenvalue weighted by atomic mass is 10.0. The molecule has 0 fully saturated rings. The van der Waals surface area contributed by atoms with Crippen LogP contribution in [-0.2, 0) is 9.53 Å². The number of phenols is 3. The first-order valence-corrected chi connectivity index (χ1v) is 8.30. The summed E-state index contributed by atoms with van der Waals surface area (Å²) in [6.45, 7) is 0. The lowest BCUT2D eigenvalue weighted by Gasteiger charge is -2.08. The maximum atomic E-state index is 11.9. The highest BCUT2D eigenvalue weighted by Gasteiger charge is 2.31. The lowest BCUT2D eigenvalue weighted by molar-refractivity contribution is -0.132. The van der Waals surface area contributed by atoms with Gasteiger partial charge in [0.15, 0.2) is 11.5 Å². The number of hydrogen-bond acceptors (Lipinski definition) is 5. The molecule has 0 saturated heterocycles. The van der Waals surface area contributed by atoms with Gasteiger partial charge in [0, 0.05) is 15.6 Å². The van der Waals surface area contributed by atoms with E-state index in [1.54, 1.807) is 18.2 Å². The lowest BCUT2D eigenvalue weighted by Crippen LogP contribution is -1.93. The molecule has 122 valence electrons. The van der Waals surface area contributed by atoms with Crippen molar-refractivity contribution in [1.82, 2.24) is 0 Å². The van der Waals surface area contributed by atoms with Gasteiger partial charge < -0.3 is 20.1 Å². The van der Waals surface area contributed by atoms with Crippen LogP contribution in [0, 0.1) is 0 Å². The van der Waals surface area contributed by atoms with Crippen molar-refractivity contribution in [2.75, 3.05) is 0 Å². The number of esters is 1. The van der Waals surface area contributed by atoms with Crippen LogP contribution in [0.3, 0.4) is 0 Å². The average molecular weight is 454 g/mol. The van der Waals surface area contributed by atoms with Gasteiger partial charge in [-0.15, -0.1) is 0 Å². The Morgan fingerprint density at radius 1 is 0.917 bits per heavy atom. The van der Waals surface area contributed by atoms with Gasteiger partial charge in [-0.1, -0.05) is 22.0 Å². The van der Waals surface area contributed by atoms with Crippen LogP contribution in [0.15, 0.2) is 51.1 Å². The normalized spacial score (nSPS) is 15.9. The minimum atomic E-state index is -0.585. The van der Waals surface area contributed by atoms with E-state index in [0.717, 1.165) is 4.47 Å². The van der Waals surface area contributed by atoms with Crippen LogP contribution >= 0.6 is 31.9 Å². The molecule has 0 atom stereocenters. The van der Waals surface area contributed by atoms with E-state index in [2.05, 4.69) is 31.9 Å². The first kappa shape index (κ1) is 16.6. The van der Waals surface area contributed by atoms with Gasteiger partial charge in [0.1, 0.15) is 16.0 Å². The zero-order valence-corrected chi connectivity index (χ0v) is 15.1. The van der Waals surface area contributed by atoms with Gasteiger partial charge in [-0.25, -0.2) is 4.79 Å². The molecule has 2 aromatic carbocycles. The van der Waals surface area contributed by atoms with E-state index in [0.29, 0.717) is 16.7 Å². The fraction of sp³-hybridized carbons (Fsp3) is 0. The largest absolute Gasteiger partial charge is 0.507 e. The van der Waals surface area contributed by atoms with Crippen molar-refractivity contribution in [2.45, 2.75) is 0 Å². The Labute approximate surface area is 153 Å². The number of hydrogen-bond donors (Lipinski definition) is 3. The molecule has 3 N–H and O–H groups in total. The van der Waals surface area contributed by atoms with Crippen molar-refractivity contribution in [3.05, 3.63) is 62.2 Å². The third kappa shape index (κ3) is 3.05. The first-order valence-electron chi connectivity index (χ1n) is 6.71. The van der Waals surface area contributed by atoms with E-state index < -0.39 is 5.97 Å². The van der Waals surface area contributed by atoms with Gasteiger partial charge in [-0.05, 0) is 57.9 Å². The number of carbonyl (C=O) groups excluding carboxylic acids is 1. The van der Waals surface area contributed by atoms with Crippen LogP contribution in [0.5, 0.6) is 17.2 Å². The molecule has 0 radical (unpaired) electrons. The topological polar surface area (TPSA) is 87.0 Å². The molecule has 0 aromatic heterocycles. The SMILES string of the molecule is O=C1O/C(=C\c2ccc(O)c(O)c2)C(c2cc(Br)ccc2O)=C1Br. The van der Waals surface area contributed by atoms with Crippen molar-refractivity contribution >= 4 is 49.5 Å². The van der Waals surface area contributed by atoms with E-state index in [1.807, 2.05) is 0 Å². The Balaban J connectivity index is 2.14. The second kappa shape index (κ2) is 6.33. The van der Waals surface area contributed by atoms with Crippen molar-refractivity contribution < 1.29 is 24.9 Å². The molecule has 24 heavy (non-hydrogen) atoms. The molecule has 0 amide bonds. The average Bonchev–Trinajstić information content (AvgIpc) is 2.80. The minimum Gasteiger partial charge on any atom is -0.507 e. The van der Waals surface area contributed by atoms with Gasteiger partial charge >= 0.3 is 5.97 Å². The van der Waals surface area contributed by atoms with Crippen LogP contribution in [0.1, 0.15) is 11.1 Å². The smallest absolute Gasteiger partial charge is 0.351 e. The van der Waals surface area contributed by atoms with Gasteiger partial charge in [0.2, 0.25) is 0 Å². The Hall–Kier alpha value is -2.25. The van der Waals surface area contributed by atoms with Crippen LogP contribution in [-0.4, -0.2) is 21.3 Å². The van der Waals surface area contributed by atoms with Crippen molar-refractivity contribution in [3.8, 4) is 17.2 Å². The second-order valence-electron chi connectivity index (χ2n) is 5.00. The molecule has 1 heterocycles. The zero-order chi connectivity index (χ0) is 17.4. The summed E-state index contributed by atoms with van der Waals surface area (Å²) in [5, 5.41) is 29.1. The van der Waals surface area contributed by atoms with Gasteiger partial charge in [0.25, 0.3) is 0 Å². The highest BCUT2D eigenvalue weighted by molar-refractivity contribution is 9.12. The van der Waals surface area contributed by atoms with Crippen molar-refractivity contribution in [1.29, 1.82) is 0 Å². The Kier molecular flexibility index (Phi) is 4.38. The maximum absolute atomic E-state index is 11.9. The monoisotopic (exact) mass is 452 g/mol. The summed E-state index contributed by atoms with van der Waals surface area (Å²) >= 11 is 6.52. The minimum absolute atomic E-state index is 0.0112. The van der Waals surface area contributed by atoms with E-state index in [-0.39, 0.29) is 27.5 Å². The zero-order valence-electron chi connectivity index (χ0n) is 12.0. The summed E-state index contributed by atoms with van der Waals surface area (Å²) in [5.74, 6) is -0.919. The third-order valence-corrected chi connectivity index (χ3v) is 4.59. The molecule has 0 bridgehead atoms. The number of phenolic OH excluding ortho intramolecular Hbond substituents is 3. The van der Waals surface area contributed by atoms with Crippen molar-refractivity contribution in [2.24, 2.45) is 0 Å². The highest BCUT2D eigenvalue weighted by atomic mass is 79.9. The van der Waals surface area contributed by atoms with Gasteiger partial charge in [-0.2, -0.15) is 0 Å². The number of carbonyl (C=O) groups is 1. The second-order valence-corrected chi connectivity index (χ2v) is 6.71. The molecule has 0 saturated carbocycles. The quantitative estimate of drug-likeness (QED) is 0.467. The van der Waals surface area contributed by atoms with Crippen LogP contribution in [0.2, 0.25) is 0 Å². The fourth-order valence-electron chi connectivity index (χ4n) is 2.25. The van der Waals surface area contributed by atoms with E-state index in [9.17, 15) is 20.1 Å². The fourth-order valence-corrected chi connectivity index (χ4v) is 3.10. The predicted octanol–water partition coefficient (Wildman–Crippen LogP) is 4.27. The molecule has 2 aromatic rings. The number of ether oxygens (including phenoxy) is 1. The molecule has 5 nitrogen and oxygen atoms in total. The van der Waals surface area contributed by atoms with Gasteiger partial charge in [0.05, 0.1) is 0 Å². The summed E-state index contributed by atoms with van der Waals surface area (Å²) < 4.78 is 6.15. The summed E-state index contributed by atoms with van der Waals surface area (Å²) in [6, 6.07) is 9.05. The molecular formula is C17H10Br2O5. The van der Waals surface area contributed by atoms with Crippen LogP contribution < -0.4 is 0 Å². The maximum Gasteiger partial charge on any atom is 0.351 e. The molecule has 1 aliphatic heterocycles. The molecule has 7 heteroatoms. The van der Waals surface area contributed by atoms with E-state index in [1.165, 1.54) is 24.3 Å². The molecule has 0 unspecified atom stereocenters. The number of allylic oxidation sites excluding steroid dienone is 1. The number of benzene rings is 2. The first-order chi connectivity index (χ1) is 11.4. The number of cyclic esters (lactones) is 1. The van der Waals surface area contributed by atoms with Gasteiger partial charge in [-0.3, -0.25) is 0 Å². The number of aromatic hydroxyl groups is 3. The Bertz CT molecular complexity index is 915. The Morgan fingerprint density at radius 2 is 1.62 bits per heavy atom. The molecule has 3 rings (SSSR count).